The summed E-state index contributed by atoms with van der Waals surface area (Å²) in [6.07, 6.45) is 27.0. The monoisotopic (exact) mass is 567 g/mol. The van der Waals surface area contributed by atoms with Crippen LogP contribution in [0.1, 0.15) is 181 Å². The summed E-state index contributed by atoms with van der Waals surface area (Å²) in [7, 11) is 0. The second-order valence-electron chi connectivity index (χ2n) is 11.5. The Balaban J connectivity index is 4.28. The molecule has 0 saturated carbocycles. The molecule has 0 fully saturated rings. The molecule has 0 heterocycles. The van der Waals surface area contributed by atoms with Crippen LogP contribution in [0.5, 0.6) is 0 Å². The molecule has 0 rings (SSSR count). The van der Waals surface area contributed by atoms with E-state index in [0.717, 1.165) is 64.2 Å². The van der Waals surface area contributed by atoms with E-state index in [1.165, 1.54) is 83.5 Å². The summed E-state index contributed by atoms with van der Waals surface area (Å²) in [6, 6.07) is -0.975. The summed E-state index contributed by atoms with van der Waals surface area (Å²) in [4.78, 5) is 37.7. The molecule has 0 unspecified atom stereocenters. The quantitative estimate of drug-likeness (QED) is 0.0690. The number of nitrogens with one attached hydrogen (secondary N) is 1. The number of carbonyl (C=O) groups excluding carboxylic acids is 3. The Morgan fingerprint density at radius 1 is 0.500 bits per heavy atom. The van der Waals surface area contributed by atoms with Gasteiger partial charge in [-0.3, -0.25) is 9.59 Å². The molecular formula is C34H65NO5. The Kier molecular flexibility index (Phi) is 29.2. The summed E-state index contributed by atoms with van der Waals surface area (Å²) in [5, 5.41) is 2.76. The minimum atomic E-state index is -0.975. The molecule has 6 heteroatoms. The fourth-order valence-corrected chi connectivity index (χ4v) is 4.86. The molecule has 0 aromatic carbocycles. The molecule has 1 N–H and O–H groups in total. The average molecular weight is 568 g/mol. The minimum Gasteiger partial charge on any atom is -0.466 e. The van der Waals surface area contributed by atoms with Crippen LogP contribution in [0.2, 0.25) is 0 Å². The van der Waals surface area contributed by atoms with Crippen LogP contribution >= 0.6 is 0 Å². The van der Waals surface area contributed by atoms with Gasteiger partial charge >= 0.3 is 11.9 Å². The highest BCUT2D eigenvalue weighted by molar-refractivity contribution is 5.88. The molecule has 0 saturated heterocycles. The second kappa shape index (κ2) is 30.4. The lowest BCUT2D eigenvalue weighted by atomic mass is 10.1. The molecule has 0 bridgehead atoms. The van der Waals surface area contributed by atoms with Crippen LogP contribution < -0.4 is 5.32 Å². The Hall–Kier alpha value is -1.59. The second-order valence-corrected chi connectivity index (χ2v) is 11.5. The van der Waals surface area contributed by atoms with Gasteiger partial charge in [0.05, 0.1) is 19.6 Å². The Labute approximate surface area is 247 Å². The number of rotatable bonds is 30. The van der Waals surface area contributed by atoms with Gasteiger partial charge < -0.3 is 14.8 Å². The van der Waals surface area contributed by atoms with Crippen LogP contribution in [0.25, 0.3) is 0 Å². The SMILES string of the molecule is CCCCCCCCCCCCCC(=O)N[C@@H](CC(=O)OCCCCCCCCCC)C(=O)OCCCCCC. The minimum absolute atomic E-state index is 0.172. The number of unbranched alkanes of at least 4 members (excludes halogenated alkanes) is 20. The smallest absolute Gasteiger partial charge is 0.329 e. The molecule has 0 aliphatic heterocycles. The number of amides is 1. The van der Waals surface area contributed by atoms with Crippen LogP contribution in [-0.4, -0.2) is 37.1 Å². The van der Waals surface area contributed by atoms with Crippen molar-refractivity contribution in [2.75, 3.05) is 13.2 Å². The van der Waals surface area contributed by atoms with E-state index in [4.69, 9.17) is 9.47 Å². The molecule has 0 aliphatic carbocycles. The van der Waals surface area contributed by atoms with E-state index in [2.05, 4.69) is 26.1 Å². The highest BCUT2D eigenvalue weighted by Crippen LogP contribution is 2.13. The fraction of sp³-hybridized carbons (Fsp3) is 0.912. The van der Waals surface area contributed by atoms with Gasteiger partial charge in [0.2, 0.25) is 5.91 Å². The number of hydrogen-bond acceptors (Lipinski definition) is 5. The molecule has 1 atom stereocenters. The van der Waals surface area contributed by atoms with Crippen molar-refractivity contribution in [3.05, 3.63) is 0 Å². The van der Waals surface area contributed by atoms with E-state index in [9.17, 15) is 14.4 Å². The number of hydrogen-bond donors (Lipinski definition) is 1. The first-order chi connectivity index (χ1) is 19.5. The van der Waals surface area contributed by atoms with E-state index in [1.54, 1.807) is 0 Å². The maximum atomic E-state index is 12.7. The topological polar surface area (TPSA) is 81.7 Å². The van der Waals surface area contributed by atoms with Gasteiger partial charge in [-0.2, -0.15) is 0 Å². The third-order valence-electron chi connectivity index (χ3n) is 7.50. The summed E-state index contributed by atoms with van der Waals surface area (Å²) in [5.41, 5.74) is 0. The zero-order valence-corrected chi connectivity index (χ0v) is 26.7. The zero-order valence-electron chi connectivity index (χ0n) is 26.7. The van der Waals surface area contributed by atoms with Gasteiger partial charge in [0.15, 0.2) is 0 Å². The van der Waals surface area contributed by atoms with E-state index in [0.29, 0.717) is 19.6 Å². The van der Waals surface area contributed by atoms with E-state index in [-0.39, 0.29) is 12.3 Å². The van der Waals surface area contributed by atoms with Crippen molar-refractivity contribution in [1.82, 2.24) is 5.32 Å². The first-order valence-corrected chi connectivity index (χ1v) is 17.2. The Morgan fingerprint density at radius 2 is 0.875 bits per heavy atom. The lowest BCUT2D eigenvalue weighted by molar-refractivity contribution is -0.154. The first kappa shape index (κ1) is 38.4. The van der Waals surface area contributed by atoms with Gasteiger partial charge in [-0.25, -0.2) is 4.79 Å². The lowest BCUT2D eigenvalue weighted by Gasteiger charge is -2.17. The molecule has 0 radical (unpaired) electrons. The largest absolute Gasteiger partial charge is 0.466 e. The molecule has 1 amide bonds. The molecule has 40 heavy (non-hydrogen) atoms. The third kappa shape index (κ3) is 26.6. The highest BCUT2D eigenvalue weighted by atomic mass is 16.5. The van der Waals surface area contributed by atoms with Crippen molar-refractivity contribution in [3.8, 4) is 0 Å². The standard InChI is InChI=1S/C34H65NO5/c1-4-7-10-13-15-17-18-19-20-22-24-27-32(36)35-31(34(38)40-29-25-12-9-6-3)30-33(37)39-28-26-23-21-16-14-11-8-5-2/h31H,4-30H2,1-3H3,(H,35,36)/t31-/m0/s1. The van der Waals surface area contributed by atoms with Crippen LogP contribution in [0.3, 0.4) is 0 Å². The van der Waals surface area contributed by atoms with Crippen LogP contribution in [0.15, 0.2) is 0 Å². The van der Waals surface area contributed by atoms with Gasteiger partial charge in [-0.1, -0.05) is 149 Å². The molecular weight excluding hydrogens is 502 g/mol. The van der Waals surface area contributed by atoms with E-state index < -0.39 is 18.0 Å². The third-order valence-corrected chi connectivity index (χ3v) is 7.50. The summed E-state index contributed by atoms with van der Waals surface area (Å²) in [6.45, 7) is 7.27. The Bertz CT molecular complexity index is 595. The summed E-state index contributed by atoms with van der Waals surface area (Å²) >= 11 is 0. The number of carbonyl (C=O) groups is 3. The predicted octanol–water partition coefficient (Wildman–Crippen LogP) is 9.37. The average Bonchev–Trinajstić information content (AvgIpc) is 2.94. The van der Waals surface area contributed by atoms with Gasteiger partial charge in [0.25, 0.3) is 0 Å². The van der Waals surface area contributed by atoms with Gasteiger partial charge in [0.1, 0.15) is 6.04 Å². The van der Waals surface area contributed by atoms with Gasteiger partial charge in [-0.15, -0.1) is 0 Å². The van der Waals surface area contributed by atoms with E-state index >= 15 is 0 Å². The fourth-order valence-electron chi connectivity index (χ4n) is 4.86. The van der Waals surface area contributed by atoms with Crippen molar-refractivity contribution in [2.24, 2.45) is 0 Å². The van der Waals surface area contributed by atoms with Crippen molar-refractivity contribution in [1.29, 1.82) is 0 Å². The van der Waals surface area contributed by atoms with Crippen LogP contribution in [0, 0.1) is 0 Å². The Morgan fingerprint density at radius 3 is 1.35 bits per heavy atom. The number of esters is 2. The number of ether oxygens (including phenoxy) is 2. The maximum absolute atomic E-state index is 12.7. The summed E-state index contributed by atoms with van der Waals surface area (Å²) in [5.74, 6) is -1.18. The van der Waals surface area contributed by atoms with Crippen molar-refractivity contribution >= 4 is 17.8 Å². The van der Waals surface area contributed by atoms with Crippen LogP contribution in [-0.2, 0) is 23.9 Å². The molecule has 0 aromatic heterocycles. The van der Waals surface area contributed by atoms with E-state index in [1.807, 2.05) is 0 Å². The zero-order chi connectivity index (χ0) is 29.5. The van der Waals surface area contributed by atoms with Crippen molar-refractivity contribution in [3.63, 3.8) is 0 Å². The molecule has 0 spiro atoms. The van der Waals surface area contributed by atoms with Gasteiger partial charge in [-0.05, 0) is 19.3 Å². The maximum Gasteiger partial charge on any atom is 0.329 e. The predicted molar refractivity (Wildman–Crippen MR) is 166 cm³/mol. The lowest BCUT2D eigenvalue weighted by Crippen LogP contribution is -2.43. The van der Waals surface area contributed by atoms with Crippen LogP contribution in [0.4, 0.5) is 0 Å². The molecule has 0 aliphatic rings. The summed E-state index contributed by atoms with van der Waals surface area (Å²) < 4.78 is 10.8. The van der Waals surface area contributed by atoms with Crippen molar-refractivity contribution < 1.29 is 23.9 Å². The van der Waals surface area contributed by atoms with Crippen molar-refractivity contribution in [2.45, 2.75) is 187 Å². The molecule has 0 aromatic rings. The van der Waals surface area contributed by atoms with Gasteiger partial charge in [0, 0.05) is 6.42 Å². The highest BCUT2D eigenvalue weighted by Gasteiger charge is 2.26. The molecule has 6 nitrogen and oxygen atoms in total. The normalized spacial score (nSPS) is 11.8. The first-order valence-electron chi connectivity index (χ1n) is 17.2. The molecule has 236 valence electrons.